The summed E-state index contributed by atoms with van der Waals surface area (Å²) in [5.74, 6) is 0. The Morgan fingerprint density at radius 3 is 2.90 bits per heavy atom. The number of pyridine rings is 1. The molecule has 6 heteroatoms. The van der Waals surface area contributed by atoms with Crippen molar-refractivity contribution in [3.05, 3.63) is 53.6 Å². The molecule has 102 valence electrons. The smallest absolute Gasteiger partial charge is 0.183 e. The third-order valence-corrected chi connectivity index (χ3v) is 3.65. The van der Waals surface area contributed by atoms with E-state index in [4.69, 9.17) is 11.6 Å². The van der Waals surface area contributed by atoms with Gasteiger partial charge in [-0.3, -0.25) is 4.40 Å². The van der Waals surface area contributed by atoms with Gasteiger partial charge in [0, 0.05) is 16.8 Å². The first-order valence-corrected chi connectivity index (χ1v) is 6.83. The van der Waals surface area contributed by atoms with Gasteiger partial charge in [0.15, 0.2) is 11.3 Å². The Morgan fingerprint density at radius 2 is 2.05 bits per heavy atom. The molecule has 5 nitrogen and oxygen atoms in total. The van der Waals surface area contributed by atoms with Crippen molar-refractivity contribution in [2.75, 3.05) is 0 Å². The van der Waals surface area contributed by atoms with Crippen LogP contribution in [0.25, 0.3) is 27.9 Å². The van der Waals surface area contributed by atoms with E-state index in [2.05, 4.69) is 20.2 Å². The minimum Gasteiger partial charge on any atom is -0.262 e. The number of rotatable bonds is 1. The molecule has 0 N–H and O–H groups in total. The zero-order valence-electron chi connectivity index (χ0n) is 11.2. The van der Waals surface area contributed by atoms with E-state index >= 15 is 0 Å². The zero-order chi connectivity index (χ0) is 14.4. The van der Waals surface area contributed by atoms with Crippen molar-refractivity contribution in [3.8, 4) is 11.1 Å². The van der Waals surface area contributed by atoms with Crippen LogP contribution in [0.5, 0.6) is 0 Å². The predicted molar refractivity (Wildman–Crippen MR) is 81.3 cm³/mol. The molecule has 0 aliphatic rings. The third kappa shape index (κ3) is 1.86. The van der Waals surface area contributed by atoms with Gasteiger partial charge in [-0.25, -0.2) is 9.97 Å². The lowest BCUT2D eigenvalue weighted by molar-refractivity contribution is 1.10. The standard InChI is InChI=1S/C15H10ClN5/c1-9-14-20-18-8-21(14)15-13(19-9)12(5-6-17-15)10-3-2-4-11(16)7-10/h2-8H,1H3. The van der Waals surface area contributed by atoms with Crippen LogP contribution in [0.2, 0.25) is 5.02 Å². The highest BCUT2D eigenvalue weighted by molar-refractivity contribution is 6.30. The average Bonchev–Trinajstić information content (AvgIpc) is 2.97. The Kier molecular flexibility index (Phi) is 2.62. The molecule has 3 heterocycles. The Hall–Kier alpha value is -2.53. The van der Waals surface area contributed by atoms with Crippen LogP contribution in [0.4, 0.5) is 0 Å². The SMILES string of the molecule is Cc1nc2c(-c3cccc(Cl)c3)ccnc2n2cnnc12. The van der Waals surface area contributed by atoms with Gasteiger partial charge in [-0.2, -0.15) is 0 Å². The minimum atomic E-state index is 0.694. The van der Waals surface area contributed by atoms with E-state index in [0.29, 0.717) is 5.02 Å². The van der Waals surface area contributed by atoms with Crippen molar-refractivity contribution in [2.24, 2.45) is 0 Å². The summed E-state index contributed by atoms with van der Waals surface area (Å²) in [6, 6.07) is 9.65. The molecule has 3 aromatic heterocycles. The fourth-order valence-electron chi connectivity index (χ4n) is 2.47. The predicted octanol–water partition coefficient (Wildman–Crippen LogP) is 3.30. The lowest BCUT2D eigenvalue weighted by Crippen LogP contribution is -1.98. The molecule has 1 aromatic carbocycles. The molecule has 0 unspecified atom stereocenters. The molecule has 0 amide bonds. The summed E-state index contributed by atoms with van der Waals surface area (Å²) < 4.78 is 1.85. The highest BCUT2D eigenvalue weighted by Gasteiger charge is 2.12. The molecule has 0 aliphatic heterocycles. The zero-order valence-corrected chi connectivity index (χ0v) is 11.9. The van der Waals surface area contributed by atoms with Gasteiger partial charge < -0.3 is 0 Å². The molecule has 0 saturated carbocycles. The highest BCUT2D eigenvalue weighted by atomic mass is 35.5. The first kappa shape index (κ1) is 12.2. The lowest BCUT2D eigenvalue weighted by Gasteiger charge is -2.08. The van der Waals surface area contributed by atoms with E-state index in [9.17, 15) is 0 Å². The van der Waals surface area contributed by atoms with Crippen LogP contribution in [0.3, 0.4) is 0 Å². The summed E-state index contributed by atoms with van der Waals surface area (Å²) >= 11 is 6.09. The van der Waals surface area contributed by atoms with Gasteiger partial charge in [-0.05, 0) is 30.7 Å². The topological polar surface area (TPSA) is 56.0 Å². The van der Waals surface area contributed by atoms with Crippen molar-refractivity contribution < 1.29 is 0 Å². The van der Waals surface area contributed by atoms with Crippen LogP contribution < -0.4 is 0 Å². The summed E-state index contributed by atoms with van der Waals surface area (Å²) in [5.41, 5.74) is 5.08. The third-order valence-electron chi connectivity index (χ3n) is 3.42. The van der Waals surface area contributed by atoms with Crippen LogP contribution in [0, 0.1) is 6.92 Å². The first-order chi connectivity index (χ1) is 10.2. The maximum absolute atomic E-state index is 6.09. The fourth-order valence-corrected chi connectivity index (χ4v) is 2.66. The van der Waals surface area contributed by atoms with Crippen LogP contribution in [0.15, 0.2) is 42.9 Å². The van der Waals surface area contributed by atoms with Gasteiger partial charge in [0.1, 0.15) is 11.8 Å². The van der Waals surface area contributed by atoms with Gasteiger partial charge >= 0.3 is 0 Å². The van der Waals surface area contributed by atoms with E-state index < -0.39 is 0 Å². The number of hydrogen-bond donors (Lipinski definition) is 0. The Bertz CT molecular complexity index is 976. The minimum absolute atomic E-state index is 0.694. The van der Waals surface area contributed by atoms with Crippen LogP contribution in [-0.4, -0.2) is 24.6 Å². The second-order valence-corrected chi connectivity index (χ2v) is 5.20. The quantitative estimate of drug-likeness (QED) is 0.540. The second-order valence-electron chi connectivity index (χ2n) is 4.76. The average molecular weight is 296 g/mol. The molecular weight excluding hydrogens is 286 g/mol. The second kappa shape index (κ2) is 4.49. The van der Waals surface area contributed by atoms with Gasteiger partial charge in [-0.1, -0.05) is 23.7 Å². The Morgan fingerprint density at radius 1 is 1.14 bits per heavy atom. The van der Waals surface area contributed by atoms with Crippen LogP contribution in [0.1, 0.15) is 5.69 Å². The number of benzene rings is 1. The van der Waals surface area contributed by atoms with E-state index in [-0.39, 0.29) is 0 Å². The molecule has 21 heavy (non-hydrogen) atoms. The molecule has 4 aromatic rings. The fraction of sp³-hybridized carbons (Fsp3) is 0.0667. The van der Waals surface area contributed by atoms with Crippen molar-refractivity contribution in [1.29, 1.82) is 0 Å². The van der Waals surface area contributed by atoms with Crippen LogP contribution in [-0.2, 0) is 0 Å². The van der Waals surface area contributed by atoms with Gasteiger partial charge in [-0.15, -0.1) is 10.2 Å². The number of aromatic nitrogens is 5. The molecule has 0 atom stereocenters. The van der Waals surface area contributed by atoms with Crippen molar-refractivity contribution >= 4 is 28.4 Å². The molecule has 4 rings (SSSR count). The van der Waals surface area contributed by atoms with Gasteiger partial charge in [0.25, 0.3) is 0 Å². The maximum Gasteiger partial charge on any atom is 0.183 e. The molecule has 0 bridgehead atoms. The number of halogens is 1. The Labute approximate surface area is 125 Å². The monoisotopic (exact) mass is 295 g/mol. The van der Waals surface area contributed by atoms with Gasteiger partial charge in [0.2, 0.25) is 0 Å². The van der Waals surface area contributed by atoms with Crippen molar-refractivity contribution in [2.45, 2.75) is 6.92 Å². The lowest BCUT2D eigenvalue weighted by atomic mass is 10.1. The number of hydrogen-bond acceptors (Lipinski definition) is 4. The summed E-state index contributed by atoms with van der Waals surface area (Å²) in [5, 5.41) is 8.71. The molecule has 0 aliphatic carbocycles. The summed E-state index contributed by atoms with van der Waals surface area (Å²) in [4.78, 5) is 9.07. The molecule has 0 spiro atoms. The van der Waals surface area contributed by atoms with Crippen molar-refractivity contribution in [3.63, 3.8) is 0 Å². The van der Waals surface area contributed by atoms with E-state index in [1.165, 1.54) is 0 Å². The number of aryl methyl sites for hydroxylation is 1. The summed E-state index contributed by atoms with van der Waals surface area (Å²) in [6.07, 6.45) is 3.41. The van der Waals surface area contributed by atoms with Gasteiger partial charge in [0.05, 0.1) is 5.69 Å². The summed E-state index contributed by atoms with van der Waals surface area (Å²) in [7, 11) is 0. The van der Waals surface area contributed by atoms with E-state index in [1.807, 2.05) is 41.7 Å². The number of nitrogens with zero attached hydrogens (tertiary/aromatic N) is 5. The molecule has 0 saturated heterocycles. The maximum atomic E-state index is 6.09. The molecule has 0 fully saturated rings. The normalized spacial score (nSPS) is 11.3. The van der Waals surface area contributed by atoms with Crippen LogP contribution >= 0.6 is 11.6 Å². The summed E-state index contributed by atoms with van der Waals surface area (Å²) in [6.45, 7) is 1.91. The van der Waals surface area contributed by atoms with E-state index in [1.54, 1.807) is 12.5 Å². The largest absolute Gasteiger partial charge is 0.262 e. The number of fused-ring (bicyclic) bond motifs is 3. The Balaban J connectivity index is 2.13. The van der Waals surface area contributed by atoms with E-state index in [0.717, 1.165) is 33.6 Å². The molecule has 0 radical (unpaired) electrons. The van der Waals surface area contributed by atoms with Crippen molar-refractivity contribution in [1.82, 2.24) is 24.6 Å². The highest BCUT2D eigenvalue weighted by Crippen LogP contribution is 2.28. The first-order valence-electron chi connectivity index (χ1n) is 6.45. The molecular formula is C15H10ClN5.